The van der Waals surface area contributed by atoms with Crippen molar-refractivity contribution in [3.8, 4) is 0 Å². The number of nitrogens with one attached hydrogen (secondary N) is 1. The van der Waals surface area contributed by atoms with Crippen molar-refractivity contribution in [1.29, 1.82) is 0 Å². The Morgan fingerprint density at radius 2 is 2.14 bits per heavy atom. The van der Waals surface area contributed by atoms with E-state index in [9.17, 15) is 4.79 Å². The van der Waals surface area contributed by atoms with E-state index in [2.05, 4.69) is 20.2 Å². The first-order chi connectivity index (χ1) is 10.8. The summed E-state index contributed by atoms with van der Waals surface area (Å²) in [5.41, 5.74) is 0.432. The molecule has 1 aliphatic carbocycles. The molecule has 2 aliphatic rings. The minimum atomic E-state index is -0.150. The fourth-order valence-corrected chi connectivity index (χ4v) is 2.96. The first kappa shape index (κ1) is 15.2. The summed E-state index contributed by atoms with van der Waals surface area (Å²) in [4.78, 5) is 22.9. The summed E-state index contributed by atoms with van der Waals surface area (Å²) < 4.78 is 5.42. The Labute approximate surface area is 131 Å². The molecule has 1 saturated carbocycles. The molecule has 1 N–H and O–H groups in total. The number of amides is 1. The largest absolute Gasteiger partial charge is 0.379 e. The molecular formula is C16H24N4O2. The Morgan fingerprint density at radius 1 is 1.36 bits per heavy atom. The van der Waals surface area contributed by atoms with Crippen molar-refractivity contribution in [1.82, 2.24) is 15.3 Å². The van der Waals surface area contributed by atoms with Crippen LogP contribution in [0, 0.1) is 5.92 Å². The van der Waals surface area contributed by atoms with Gasteiger partial charge in [0.15, 0.2) is 0 Å². The molecule has 3 rings (SSSR count). The van der Waals surface area contributed by atoms with Gasteiger partial charge in [0.25, 0.3) is 5.91 Å². The fourth-order valence-electron chi connectivity index (χ4n) is 2.96. The van der Waals surface area contributed by atoms with Gasteiger partial charge in [-0.25, -0.2) is 9.97 Å². The average molecular weight is 304 g/mol. The van der Waals surface area contributed by atoms with Crippen LogP contribution in [0.2, 0.25) is 0 Å². The van der Waals surface area contributed by atoms with Crippen LogP contribution >= 0.6 is 0 Å². The summed E-state index contributed by atoms with van der Waals surface area (Å²) in [6, 6.07) is 1.79. The van der Waals surface area contributed by atoms with Gasteiger partial charge < -0.3 is 15.0 Å². The van der Waals surface area contributed by atoms with Gasteiger partial charge in [0.2, 0.25) is 0 Å². The molecule has 0 bridgehead atoms. The normalized spacial score (nSPS) is 19.8. The second-order valence-electron chi connectivity index (χ2n) is 6.13. The molecule has 1 aromatic rings. The number of carbonyl (C=O) groups is 1. The number of piperidine rings is 1. The van der Waals surface area contributed by atoms with Gasteiger partial charge in [-0.05, 0) is 38.0 Å². The first-order valence-corrected chi connectivity index (χ1v) is 8.16. The minimum Gasteiger partial charge on any atom is -0.379 e. The highest BCUT2D eigenvalue weighted by atomic mass is 16.5. The molecule has 22 heavy (non-hydrogen) atoms. The fraction of sp³-hybridized carbons (Fsp3) is 0.688. The van der Waals surface area contributed by atoms with Crippen molar-refractivity contribution in [3.05, 3.63) is 18.1 Å². The number of nitrogens with zero attached hydrogens (tertiary/aromatic N) is 3. The van der Waals surface area contributed by atoms with E-state index in [1.54, 1.807) is 13.2 Å². The van der Waals surface area contributed by atoms with Crippen LogP contribution in [-0.4, -0.2) is 48.7 Å². The van der Waals surface area contributed by atoms with Crippen LogP contribution in [0.5, 0.6) is 0 Å². The van der Waals surface area contributed by atoms with E-state index in [0.29, 0.717) is 18.2 Å². The van der Waals surface area contributed by atoms with E-state index in [1.807, 2.05) is 0 Å². The molecular weight excluding hydrogens is 280 g/mol. The Balaban J connectivity index is 1.59. The van der Waals surface area contributed by atoms with E-state index >= 15 is 0 Å². The summed E-state index contributed by atoms with van der Waals surface area (Å²) >= 11 is 0. The molecule has 1 aromatic heterocycles. The molecule has 6 heteroatoms. The third-order valence-corrected chi connectivity index (χ3v) is 4.48. The zero-order valence-corrected chi connectivity index (χ0v) is 13.1. The second kappa shape index (κ2) is 7.05. The maximum Gasteiger partial charge on any atom is 0.270 e. The van der Waals surface area contributed by atoms with Gasteiger partial charge in [-0.3, -0.25) is 4.79 Å². The van der Waals surface area contributed by atoms with Crippen molar-refractivity contribution >= 4 is 11.7 Å². The Bertz CT molecular complexity index is 513. The Hall–Kier alpha value is -1.69. The number of methoxy groups -OCH3 is 1. The van der Waals surface area contributed by atoms with Crippen LogP contribution in [0.1, 0.15) is 42.6 Å². The maximum atomic E-state index is 12.3. The van der Waals surface area contributed by atoms with Crippen molar-refractivity contribution in [2.45, 2.75) is 38.2 Å². The van der Waals surface area contributed by atoms with Gasteiger partial charge >= 0.3 is 0 Å². The standard InChI is InChI=1S/C16H24N4O2/c1-22-14(12-5-6-12)10-17-16(21)13-9-15(19-11-18-13)20-7-3-2-4-8-20/h9,11-12,14H,2-8,10H2,1H3,(H,17,21). The summed E-state index contributed by atoms with van der Waals surface area (Å²) in [6.45, 7) is 2.56. The highest BCUT2D eigenvalue weighted by molar-refractivity contribution is 5.92. The lowest BCUT2D eigenvalue weighted by atomic mass is 10.1. The molecule has 6 nitrogen and oxygen atoms in total. The molecule has 0 spiro atoms. The zero-order chi connectivity index (χ0) is 15.4. The van der Waals surface area contributed by atoms with Gasteiger partial charge in [0.1, 0.15) is 17.8 Å². The van der Waals surface area contributed by atoms with Gasteiger partial charge in [-0.1, -0.05) is 0 Å². The first-order valence-electron chi connectivity index (χ1n) is 8.16. The lowest BCUT2D eigenvalue weighted by molar-refractivity contribution is 0.0738. The number of hydrogen-bond donors (Lipinski definition) is 1. The third-order valence-electron chi connectivity index (χ3n) is 4.48. The second-order valence-corrected chi connectivity index (χ2v) is 6.13. The summed E-state index contributed by atoms with van der Waals surface area (Å²) in [7, 11) is 1.70. The van der Waals surface area contributed by atoms with Crippen LogP contribution in [-0.2, 0) is 4.74 Å². The van der Waals surface area contributed by atoms with E-state index in [0.717, 1.165) is 18.9 Å². The highest BCUT2D eigenvalue weighted by Crippen LogP contribution is 2.33. The van der Waals surface area contributed by atoms with Crippen molar-refractivity contribution in [3.63, 3.8) is 0 Å². The highest BCUT2D eigenvalue weighted by Gasteiger charge is 2.31. The topological polar surface area (TPSA) is 67.3 Å². The molecule has 1 atom stereocenters. The smallest absolute Gasteiger partial charge is 0.270 e. The van der Waals surface area contributed by atoms with Crippen LogP contribution in [0.4, 0.5) is 5.82 Å². The summed E-state index contributed by atoms with van der Waals surface area (Å²) in [5, 5.41) is 2.93. The predicted molar refractivity (Wildman–Crippen MR) is 84.0 cm³/mol. The van der Waals surface area contributed by atoms with E-state index < -0.39 is 0 Å². The monoisotopic (exact) mass is 304 g/mol. The molecule has 1 aliphatic heterocycles. The van der Waals surface area contributed by atoms with E-state index in [4.69, 9.17) is 4.74 Å². The number of ether oxygens (including phenoxy) is 1. The Morgan fingerprint density at radius 3 is 2.82 bits per heavy atom. The van der Waals surface area contributed by atoms with Crippen LogP contribution < -0.4 is 10.2 Å². The van der Waals surface area contributed by atoms with Gasteiger partial charge in [-0.15, -0.1) is 0 Å². The Kier molecular flexibility index (Phi) is 4.87. The lowest BCUT2D eigenvalue weighted by Gasteiger charge is -2.27. The van der Waals surface area contributed by atoms with Crippen molar-refractivity contribution in [2.75, 3.05) is 31.6 Å². The van der Waals surface area contributed by atoms with Crippen LogP contribution in [0.15, 0.2) is 12.4 Å². The number of rotatable bonds is 6. The summed E-state index contributed by atoms with van der Waals surface area (Å²) in [5.74, 6) is 1.30. The molecule has 0 aromatic carbocycles. The van der Waals surface area contributed by atoms with E-state index in [1.165, 1.54) is 38.4 Å². The molecule has 1 unspecified atom stereocenters. The number of anilines is 1. The van der Waals surface area contributed by atoms with Crippen molar-refractivity contribution in [2.24, 2.45) is 5.92 Å². The predicted octanol–water partition coefficient (Wildman–Crippen LogP) is 1.62. The van der Waals surface area contributed by atoms with Gasteiger partial charge in [-0.2, -0.15) is 0 Å². The number of carbonyl (C=O) groups excluding carboxylic acids is 1. The van der Waals surface area contributed by atoms with Gasteiger partial charge in [0, 0.05) is 32.8 Å². The molecule has 1 saturated heterocycles. The number of aromatic nitrogens is 2. The van der Waals surface area contributed by atoms with Crippen LogP contribution in [0.25, 0.3) is 0 Å². The molecule has 1 amide bonds. The molecule has 120 valence electrons. The number of hydrogen-bond acceptors (Lipinski definition) is 5. The third kappa shape index (κ3) is 3.74. The zero-order valence-electron chi connectivity index (χ0n) is 13.1. The maximum absolute atomic E-state index is 12.3. The van der Waals surface area contributed by atoms with Crippen LogP contribution in [0.3, 0.4) is 0 Å². The van der Waals surface area contributed by atoms with E-state index in [-0.39, 0.29) is 12.0 Å². The minimum absolute atomic E-state index is 0.118. The molecule has 2 fully saturated rings. The summed E-state index contributed by atoms with van der Waals surface area (Å²) in [6.07, 6.45) is 7.63. The lowest BCUT2D eigenvalue weighted by Crippen LogP contribution is -2.35. The van der Waals surface area contributed by atoms with Gasteiger partial charge in [0.05, 0.1) is 6.10 Å². The molecule has 0 radical (unpaired) electrons. The van der Waals surface area contributed by atoms with Crippen molar-refractivity contribution < 1.29 is 9.53 Å². The quantitative estimate of drug-likeness (QED) is 0.865. The average Bonchev–Trinajstić information content (AvgIpc) is 3.41. The SMILES string of the molecule is COC(CNC(=O)c1cc(N2CCCCC2)ncn1)C1CC1. The molecule has 2 heterocycles.